The molecule has 1 aliphatic rings. The molecule has 2 atom stereocenters. The molecule has 0 bridgehead atoms. The highest BCUT2D eigenvalue weighted by Crippen LogP contribution is 2.44. The summed E-state index contributed by atoms with van der Waals surface area (Å²) < 4.78 is 11.4. The summed E-state index contributed by atoms with van der Waals surface area (Å²) in [6, 6.07) is 0. The zero-order valence-electron chi connectivity index (χ0n) is 17.3. The Kier molecular flexibility index (Phi) is 8.54. The van der Waals surface area contributed by atoms with Crippen LogP contribution in [0, 0.1) is 5.41 Å². The lowest BCUT2D eigenvalue weighted by molar-refractivity contribution is -0.0603. The SMILES string of the molecule is CNCCN(C)Cc1c[nH]nc1C1CCC(C)(C)[C@H](OCCCOC)C1. The molecular formula is C20H38N4O2. The molecule has 1 aliphatic carbocycles. The second-order valence-corrected chi connectivity index (χ2v) is 8.30. The van der Waals surface area contributed by atoms with Crippen molar-refractivity contribution in [2.45, 2.75) is 58.1 Å². The third kappa shape index (κ3) is 6.05. The van der Waals surface area contributed by atoms with Crippen molar-refractivity contribution in [2.24, 2.45) is 5.41 Å². The summed E-state index contributed by atoms with van der Waals surface area (Å²) in [5, 5.41) is 10.9. The van der Waals surface area contributed by atoms with Gasteiger partial charge in [-0.1, -0.05) is 13.8 Å². The Morgan fingerprint density at radius 3 is 2.92 bits per heavy atom. The number of rotatable bonds is 11. The van der Waals surface area contributed by atoms with Crippen LogP contribution >= 0.6 is 0 Å². The zero-order valence-corrected chi connectivity index (χ0v) is 17.3. The van der Waals surface area contributed by atoms with Crippen molar-refractivity contribution in [3.8, 4) is 0 Å². The van der Waals surface area contributed by atoms with Crippen LogP contribution in [-0.4, -0.2) is 68.7 Å². The summed E-state index contributed by atoms with van der Waals surface area (Å²) in [5.74, 6) is 0.481. The minimum absolute atomic E-state index is 0.226. The molecule has 2 N–H and O–H groups in total. The molecule has 26 heavy (non-hydrogen) atoms. The Hall–Kier alpha value is -0.950. The highest BCUT2D eigenvalue weighted by molar-refractivity contribution is 5.22. The second-order valence-electron chi connectivity index (χ2n) is 8.30. The van der Waals surface area contributed by atoms with Crippen LogP contribution in [0.2, 0.25) is 0 Å². The van der Waals surface area contributed by atoms with Crippen LogP contribution in [0.1, 0.15) is 56.7 Å². The van der Waals surface area contributed by atoms with Gasteiger partial charge in [-0.2, -0.15) is 5.10 Å². The quantitative estimate of drug-likeness (QED) is 0.590. The molecule has 1 unspecified atom stereocenters. The zero-order chi connectivity index (χ0) is 19.0. The Labute approximate surface area is 159 Å². The fraction of sp³-hybridized carbons (Fsp3) is 0.850. The van der Waals surface area contributed by atoms with Crippen LogP contribution in [0.5, 0.6) is 0 Å². The first-order valence-corrected chi connectivity index (χ1v) is 9.94. The molecule has 6 nitrogen and oxygen atoms in total. The molecule has 2 rings (SSSR count). The van der Waals surface area contributed by atoms with E-state index in [-0.39, 0.29) is 11.5 Å². The van der Waals surface area contributed by atoms with E-state index in [0.29, 0.717) is 5.92 Å². The number of ether oxygens (including phenoxy) is 2. The standard InChI is InChI=1S/C20H38N4O2/c1-20(2)8-7-16(13-18(20)26-12-6-11-25-5)19-17(14-22-23-19)15-24(4)10-9-21-3/h14,16,18,21H,6-13,15H2,1-5H3,(H,22,23)/t16?,18-/m1/s1. The van der Waals surface area contributed by atoms with E-state index in [4.69, 9.17) is 9.47 Å². The molecule has 0 saturated heterocycles. The Morgan fingerprint density at radius 2 is 2.19 bits per heavy atom. The summed E-state index contributed by atoms with van der Waals surface area (Å²) in [6.45, 7) is 9.17. The summed E-state index contributed by atoms with van der Waals surface area (Å²) >= 11 is 0. The minimum atomic E-state index is 0.226. The molecule has 0 aromatic carbocycles. The number of methoxy groups -OCH3 is 1. The van der Waals surface area contributed by atoms with Crippen molar-refractivity contribution in [3.05, 3.63) is 17.5 Å². The molecule has 1 aromatic rings. The highest BCUT2D eigenvalue weighted by Gasteiger charge is 2.38. The average molecular weight is 367 g/mol. The second kappa shape index (κ2) is 10.4. The maximum atomic E-state index is 6.27. The van der Waals surface area contributed by atoms with Crippen molar-refractivity contribution >= 4 is 0 Å². The molecule has 1 aromatic heterocycles. The van der Waals surface area contributed by atoms with Crippen molar-refractivity contribution < 1.29 is 9.47 Å². The van der Waals surface area contributed by atoms with Crippen molar-refractivity contribution in [1.29, 1.82) is 0 Å². The van der Waals surface area contributed by atoms with Gasteiger partial charge in [-0.3, -0.25) is 5.10 Å². The topological polar surface area (TPSA) is 62.4 Å². The molecule has 1 saturated carbocycles. The number of nitrogens with one attached hydrogen (secondary N) is 2. The lowest BCUT2D eigenvalue weighted by Crippen LogP contribution is -2.38. The number of hydrogen-bond donors (Lipinski definition) is 2. The van der Waals surface area contributed by atoms with E-state index in [1.54, 1.807) is 7.11 Å². The van der Waals surface area contributed by atoms with E-state index in [9.17, 15) is 0 Å². The van der Waals surface area contributed by atoms with Gasteiger partial charge >= 0.3 is 0 Å². The van der Waals surface area contributed by atoms with Gasteiger partial charge in [-0.15, -0.1) is 0 Å². The van der Waals surface area contributed by atoms with E-state index >= 15 is 0 Å². The number of aromatic amines is 1. The lowest BCUT2D eigenvalue weighted by Gasteiger charge is -2.41. The fourth-order valence-electron chi connectivity index (χ4n) is 3.85. The molecule has 6 heteroatoms. The van der Waals surface area contributed by atoms with Gasteiger partial charge in [0, 0.05) is 57.6 Å². The molecular weight excluding hydrogens is 328 g/mol. The molecule has 150 valence electrons. The summed E-state index contributed by atoms with van der Waals surface area (Å²) in [4.78, 5) is 2.34. The smallest absolute Gasteiger partial charge is 0.0698 e. The van der Waals surface area contributed by atoms with Crippen molar-refractivity contribution in [2.75, 3.05) is 47.5 Å². The first-order valence-electron chi connectivity index (χ1n) is 9.94. The van der Waals surface area contributed by atoms with Crippen LogP contribution in [0.3, 0.4) is 0 Å². The fourth-order valence-corrected chi connectivity index (χ4v) is 3.85. The average Bonchev–Trinajstić information content (AvgIpc) is 3.06. The van der Waals surface area contributed by atoms with E-state index in [1.807, 2.05) is 7.05 Å². The van der Waals surface area contributed by atoms with Gasteiger partial charge in [0.05, 0.1) is 11.8 Å². The number of likely N-dealkylation sites (N-methyl/N-ethyl adjacent to an activating group) is 2. The maximum Gasteiger partial charge on any atom is 0.0698 e. The normalized spacial score (nSPS) is 22.8. The molecule has 1 fully saturated rings. The first-order chi connectivity index (χ1) is 12.5. The van der Waals surface area contributed by atoms with Gasteiger partial charge in [0.25, 0.3) is 0 Å². The van der Waals surface area contributed by atoms with E-state index in [1.165, 1.54) is 24.1 Å². The largest absolute Gasteiger partial charge is 0.385 e. The van der Waals surface area contributed by atoms with Gasteiger partial charge in [0.2, 0.25) is 0 Å². The lowest BCUT2D eigenvalue weighted by atomic mass is 9.69. The number of aromatic nitrogens is 2. The monoisotopic (exact) mass is 366 g/mol. The number of H-pyrrole nitrogens is 1. The number of hydrogen-bond acceptors (Lipinski definition) is 5. The van der Waals surface area contributed by atoms with Gasteiger partial charge in [0.15, 0.2) is 0 Å². The van der Waals surface area contributed by atoms with E-state index in [2.05, 4.69) is 47.5 Å². The summed E-state index contributed by atoms with van der Waals surface area (Å²) in [5.41, 5.74) is 2.79. The summed E-state index contributed by atoms with van der Waals surface area (Å²) in [6.07, 6.45) is 6.72. The van der Waals surface area contributed by atoms with Crippen LogP contribution in [0.25, 0.3) is 0 Å². The maximum absolute atomic E-state index is 6.27. The van der Waals surface area contributed by atoms with E-state index < -0.39 is 0 Å². The third-order valence-corrected chi connectivity index (χ3v) is 5.64. The Morgan fingerprint density at radius 1 is 1.38 bits per heavy atom. The van der Waals surface area contributed by atoms with Crippen LogP contribution in [-0.2, 0) is 16.0 Å². The highest BCUT2D eigenvalue weighted by atomic mass is 16.5. The molecule has 1 heterocycles. The van der Waals surface area contributed by atoms with Gasteiger partial charge < -0.3 is 19.7 Å². The third-order valence-electron chi connectivity index (χ3n) is 5.64. The van der Waals surface area contributed by atoms with Crippen LogP contribution in [0.4, 0.5) is 0 Å². The first kappa shape index (κ1) is 21.4. The number of nitrogens with zero attached hydrogens (tertiary/aromatic N) is 2. The summed E-state index contributed by atoms with van der Waals surface area (Å²) in [7, 11) is 5.90. The Bertz CT molecular complexity index is 518. The molecule has 0 amide bonds. The van der Waals surface area contributed by atoms with Crippen molar-refractivity contribution in [3.63, 3.8) is 0 Å². The minimum Gasteiger partial charge on any atom is -0.385 e. The predicted molar refractivity (Wildman–Crippen MR) is 105 cm³/mol. The van der Waals surface area contributed by atoms with Gasteiger partial charge in [-0.05, 0) is 45.2 Å². The molecule has 0 aliphatic heterocycles. The van der Waals surface area contributed by atoms with E-state index in [0.717, 1.165) is 45.7 Å². The van der Waals surface area contributed by atoms with Crippen molar-refractivity contribution in [1.82, 2.24) is 20.4 Å². The molecule has 0 radical (unpaired) electrons. The van der Waals surface area contributed by atoms with Crippen LogP contribution < -0.4 is 5.32 Å². The predicted octanol–water partition coefficient (Wildman–Crippen LogP) is 2.78. The van der Waals surface area contributed by atoms with Gasteiger partial charge in [-0.25, -0.2) is 0 Å². The van der Waals surface area contributed by atoms with Crippen LogP contribution in [0.15, 0.2) is 6.20 Å². The van der Waals surface area contributed by atoms with Gasteiger partial charge in [0.1, 0.15) is 0 Å². The Balaban J connectivity index is 1.97. The molecule has 0 spiro atoms.